The SMILES string of the molecule is CCOC(=O)NC1CC(CC2CC2)CN(C2CCCC2)C1. The zero-order valence-corrected chi connectivity index (χ0v) is 13.4. The van der Waals surface area contributed by atoms with Crippen LogP contribution in [0.15, 0.2) is 0 Å². The molecule has 120 valence electrons. The molecule has 0 bridgehead atoms. The standard InChI is InChI=1S/C17H30N2O2/c1-2-21-17(20)18-15-10-14(9-13-7-8-13)11-19(12-15)16-5-3-4-6-16/h13-16H,2-12H2,1H3,(H,18,20). The molecule has 1 heterocycles. The fourth-order valence-corrected chi connectivity index (χ4v) is 4.25. The van der Waals surface area contributed by atoms with Gasteiger partial charge in [0.2, 0.25) is 0 Å². The van der Waals surface area contributed by atoms with Crippen molar-refractivity contribution in [2.45, 2.75) is 70.4 Å². The number of carbonyl (C=O) groups excluding carboxylic acids is 1. The van der Waals surface area contributed by atoms with Crippen LogP contribution in [0.4, 0.5) is 4.79 Å². The van der Waals surface area contributed by atoms with E-state index in [1.165, 1.54) is 51.5 Å². The first kappa shape index (κ1) is 15.1. The summed E-state index contributed by atoms with van der Waals surface area (Å²) in [5.41, 5.74) is 0. The minimum Gasteiger partial charge on any atom is -0.450 e. The van der Waals surface area contributed by atoms with Crippen LogP contribution in [0, 0.1) is 11.8 Å². The van der Waals surface area contributed by atoms with Gasteiger partial charge in [0.1, 0.15) is 0 Å². The minimum atomic E-state index is -0.235. The number of piperidine rings is 1. The molecule has 2 aliphatic carbocycles. The quantitative estimate of drug-likeness (QED) is 0.847. The normalized spacial score (nSPS) is 31.3. The number of nitrogens with zero attached hydrogens (tertiary/aromatic N) is 1. The Morgan fingerprint density at radius 2 is 1.90 bits per heavy atom. The van der Waals surface area contributed by atoms with E-state index >= 15 is 0 Å². The summed E-state index contributed by atoms with van der Waals surface area (Å²) in [5.74, 6) is 1.74. The third kappa shape index (κ3) is 4.35. The van der Waals surface area contributed by atoms with E-state index in [1.807, 2.05) is 6.92 Å². The van der Waals surface area contributed by atoms with Crippen LogP contribution in [0.25, 0.3) is 0 Å². The lowest BCUT2D eigenvalue weighted by atomic mass is 9.88. The molecule has 2 atom stereocenters. The molecule has 1 amide bonds. The van der Waals surface area contributed by atoms with Gasteiger partial charge < -0.3 is 10.1 Å². The van der Waals surface area contributed by atoms with Gasteiger partial charge in [-0.15, -0.1) is 0 Å². The molecule has 2 saturated carbocycles. The maximum absolute atomic E-state index is 11.7. The largest absolute Gasteiger partial charge is 0.450 e. The zero-order valence-electron chi connectivity index (χ0n) is 13.4. The van der Waals surface area contributed by atoms with Crippen molar-refractivity contribution in [3.05, 3.63) is 0 Å². The van der Waals surface area contributed by atoms with Gasteiger partial charge in [-0.05, 0) is 44.4 Å². The Bertz CT molecular complexity index is 351. The van der Waals surface area contributed by atoms with Crippen molar-refractivity contribution in [2.75, 3.05) is 19.7 Å². The maximum atomic E-state index is 11.7. The number of likely N-dealkylation sites (tertiary alicyclic amines) is 1. The second-order valence-corrected chi connectivity index (χ2v) is 7.23. The Kier molecular flexibility index (Phi) is 5.04. The van der Waals surface area contributed by atoms with E-state index < -0.39 is 0 Å². The molecule has 21 heavy (non-hydrogen) atoms. The Morgan fingerprint density at radius 3 is 2.57 bits per heavy atom. The summed E-state index contributed by atoms with van der Waals surface area (Å²) in [7, 11) is 0. The molecule has 1 aliphatic heterocycles. The highest BCUT2D eigenvalue weighted by molar-refractivity contribution is 5.67. The molecule has 3 aliphatic rings. The number of hydrogen-bond donors (Lipinski definition) is 1. The predicted molar refractivity (Wildman–Crippen MR) is 83.2 cm³/mol. The first-order valence-electron chi connectivity index (χ1n) is 8.92. The third-order valence-electron chi connectivity index (χ3n) is 5.37. The number of amides is 1. The van der Waals surface area contributed by atoms with Gasteiger partial charge in [0.15, 0.2) is 0 Å². The van der Waals surface area contributed by atoms with Gasteiger partial charge >= 0.3 is 6.09 Å². The topological polar surface area (TPSA) is 41.6 Å². The van der Waals surface area contributed by atoms with Crippen molar-refractivity contribution in [2.24, 2.45) is 11.8 Å². The molecule has 3 fully saturated rings. The molecule has 1 saturated heterocycles. The van der Waals surface area contributed by atoms with Gasteiger partial charge in [-0.2, -0.15) is 0 Å². The summed E-state index contributed by atoms with van der Waals surface area (Å²) >= 11 is 0. The molecule has 0 aromatic heterocycles. The molecule has 4 heteroatoms. The monoisotopic (exact) mass is 294 g/mol. The van der Waals surface area contributed by atoms with Crippen LogP contribution in [0.5, 0.6) is 0 Å². The highest BCUT2D eigenvalue weighted by atomic mass is 16.5. The molecule has 2 unspecified atom stereocenters. The second kappa shape index (κ2) is 6.99. The lowest BCUT2D eigenvalue weighted by molar-refractivity contribution is 0.0857. The highest BCUT2D eigenvalue weighted by Gasteiger charge is 2.35. The molecular formula is C17H30N2O2. The van der Waals surface area contributed by atoms with Crippen LogP contribution in [0.1, 0.15) is 58.3 Å². The molecule has 0 aromatic carbocycles. The third-order valence-corrected chi connectivity index (χ3v) is 5.37. The first-order chi connectivity index (χ1) is 10.2. The fraction of sp³-hybridized carbons (Fsp3) is 0.941. The van der Waals surface area contributed by atoms with Gasteiger partial charge in [0, 0.05) is 25.2 Å². The predicted octanol–water partition coefficient (Wildman–Crippen LogP) is 3.17. The van der Waals surface area contributed by atoms with Crippen LogP contribution in [-0.4, -0.2) is 42.8 Å². The molecule has 0 radical (unpaired) electrons. The van der Waals surface area contributed by atoms with E-state index in [0.29, 0.717) is 6.61 Å². The van der Waals surface area contributed by atoms with E-state index in [0.717, 1.165) is 30.8 Å². The summed E-state index contributed by atoms with van der Waals surface area (Å²) in [6.07, 6.45) is 10.6. The van der Waals surface area contributed by atoms with Crippen LogP contribution in [0.2, 0.25) is 0 Å². The van der Waals surface area contributed by atoms with E-state index in [4.69, 9.17) is 4.74 Å². The van der Waals surface area contributed by atoms with E-state index in [9.17, 15) is 4.79 Å². The van der Waals surface area contributed by atoms with Crippen molar-refractivity contribution < 1.29 is 9.53 Å². The van der Waals surface area contributed by atoms with Gasteiger partial charge in [0.25, 0.3) is 0 Å². The van der Waals surface area contributed by atoms with E-state index in [-0.39, 0.29) is 12.1 Å². The van der Waals surface area contributed by atoms with Gasteiger partial charge in [-0.1, -0.05) is 25.7 Å². The Labute approximate surface area is 128 Å². The maximum Gasteiger partial charge on any atom is 0.407 e. The van der Waals surface area contributed by atoms with Crippen molar-refractivity contribution in [3.63, 3.8) is 0 Å². The number of ether oxygens (including phenoxy) is 1. The molecule has 4 nitrogen and oxygen atoms in total. The fourth-order valence-electron chi connectivity index (χ4n) is 4.25. The minimum absolute atomic E-state index is 0.235. The molecular weight excluding hydrogens is 264 g/mol. The van der Waals surface area contributed by atoms with Crippen LogP contribution in [0.3, 0.4) is 0 Å². The van der Waals surface area contributed by atoms with Crippen molar-refractivity contribution in [1.29, 1.82) is 0 Å². The number of nitrogens with one attached hydrogen (secondary N) is 1. The van der Waals surface area contributed by atoms with Gasteiger partial charge in [-0.25, -0.2) is 4.79 Å². The molecule has 0 spiro atoms. The Morgan fingerprint density at radius 1 is 1.14 bits per heavy atom. The second-order valence-electron chi connectivity index (χ2n) is 7.23. The van der Waals surface area contributed by atoms with E-state index in [1.54, 1.807) is 0 Å². The summed E-state index contributed by atoms with van der Waals surface area (Å²) in [6.45, 7) is 4.59. The van der Waals surface area contributed by atoms with Gasteiger partial charge in [-0.3, -0.25) is 4.90 Å². The number of hydrogen-bond acceptors (Lipinski definition) is 3. The average molecular weight is 294 g/mol. The summed E-state index contributed by atoms with van der Waals surface area (Å²) in [6, 6.07) is 1.04. The molecule has 1 N–H and O–H groups in total. The first-order valence-corrected chi connectivity index (χ1v) is 8.92. The summed E-state index contributed by atoms with van der Waals surface area (Å²) < 4.78 is 5.07. The lowest BCUT2D eigenvalue weighted by Gasteiger charge is -2.41. The van der Waals surface area contributed by atoms with E-state index in [2.05, 4.69) is 10.2 Å². The van der Waals surface area contributed by atoms with Crippen molar-refractivity contribution >= 4 is 6.09 Å². The summed E-state index contributed by atoms with van der Waals surface area (Å²) in [4.78, 5) is 14.4. The van der Waals surface area contributed by atoms with Crippen LogP contribution in [-0.2, 0) is 4.74 Å². The Hall–Kier alpha value is -0.770. The van der Waals surface area contributed by atoms with Crippen LogP contribution < -0.4 is 5.32 Å². The number of carbonyl (C=O) groups is 1. The molecule has 3 rings (SSSR count). The highest BCUT2D eigenvalue weighted by Crippen LogP contribution is 2.38. The summed E-state index contributed by atoms with van der Waals surface area (Å²) in [5, 5.41) is 3.09. The molecule has 0 aromatic rings. The van der Waals surface area contributed by atoms with Crippen molar-refractivity contribution in [3.8, 4) is 0 Å². The Balaban J connectivity index is 1.57. The lowest BCUT2D eigenvalue weighted by Crippen LogP contribution is -2.53. The smallest absolute Gasteiger partial charge is 0.407 e. The van der Waals surface area contributed by atoms with Crippen LogP contribution >= 0.6 is 0 Å². The van der Waals surface area contributed by atoms with Crippen molar-refractivity contribution in [1.82, 2.24) is 10.2 Å². The number of rotatable bonds is 5. The van der Waals surface area contributed by atoms with Gasteiger partial charge in [0.05, 0.1) is 6.61 Å². The number of alkyl carbamates (subject to hydrolysis) is 1. The zero-order chi connectivity index (χ0) is 14.7. The average Bonchev–Trinajstić information content (AvgIpc) is 3.08.